The van der Waals surface area contributed by atoms with Crippen LogP contribution in [0.2, 0.25) is 0 Å². The molecule has 27 heavy (non-hydrogen) atoms. The van der Waals surface area contributed by atoms with Crippen LogP contribution >= 0.6 is 11.3 Å². The summed E-state index contributed by atoms with van der Waals surface area (Å²) < 4.78 is 1.78. The van der Waals surface area contributed by atoms with Crippen LogP contribution in [0.3, 0.4) is 0 Å². The number of pyridine rings is 1. The molecule has 1 fully saturated rings. The molecule has 0 aromatic carbocycles. The minimum atomic E-state index is 0.300. The Labute approximate surface area is 162 Å². The van der Waals surface area contributed by atoms with Crippen molar-refractivity contribution < 1.29 is 5.11 Å². The minimum Gasteiger partial charge on any atom is -0.396 e. The van der Waals surface area contributed by atoms with E-state index in [1.165, 1.54) is 0 Å². The maximum absolute atomic E-state index is 9.26. The highest BCUT2D eigenvalue weighted by Gasteiger charge is 2.18. The van der Waals surface area contributed by atoms with Crippen LogP contribution in [0.4, 0.5) is 11.5 Å². The van der Waals surface area contributed by atoms with Crippen LogP contribution in [0.5, 0.6) is 0 Å². The standard InChI is InChI=1S/C19H24N6OS/c1-24-11-15(8-22-24)17-13-27-19(23-17)10-21-18-3-2-16(9-20-18)25-6-4-14(12-26)5-7-25/h2-3,8-9,11,13-14,26H,4-7,10,12H2,1H3,(H,20,21). The van der Waals surface area contributed by atoms with E-state index in [1.807, 2.05) is 31.7 Å². The average molecular weight is 385 g/mol. The molecule has 0 aliphatic carbocycles. The monoisotopic (exact) mass is 384 g/mol. The van der Waals surface area contributed by atoms with Gasteiger partial charge in [-0.1, -0.05) is 0 Å². The second-order valence-corrected chi connectivity index (χ2v) is 7.84. The number of aliphatic hydroxyl groups is 1. The smallest absolute Gasteiger partial charge is 0.126 e. The highest BCUT2D eigenvalue weighted by Crippen LogP contribution is 2.24. The molecule has 7 nitrogen and oxygen atoms in total. The molecule has 3 aromatic rings. The first-order chi connectivity index (χ1) is 13.2. The van der Waals surface area contributed by atoms with Crippen molar-refractivity contribution in [2.75, 3.05) is 29.9 Å². The lowest BCUT2D eigenvalue weighted by Crippen LogP contribution is -2.34. The van der Waals surface area contributed by atoms with E-state index in [-0.39, 0.29) is 0 Å². The maximum atomic E-state index is 9.26. The molecule has 142 valence electrons. The predicted octanol–water partition coefficient (Wildman–Crippen LogP) is 2.76. The fraction of sp³-hybridized carbons (Fsp3) is 0.421. The van der Waals surface area contributed by atoms with E-state index in [4.69, 9.17) is 0 Å². The zero-order valence-corrected chi connectivity index (χ0v) is 16.2. The highest BCUT2D eigenvalue weighted by atomic mass is 32.1. The lowest BCUT2D eigenvalue weighted by molar-refractivity contribution is 0.203. The first-order valence-corrected chi connectivity index (χ1v) is 10.1. The minimum absolute atomic E-state index is 0.300. The molecule has 0 saturated carbocycles. The van der Waals surface area contributed by atoms with Gasteiger partial charge in [-0.05, 0) is 30.9 Å². The van der Waals surface area contributed by atoms with Gasteiger partial charge in [0.2, 0.25) is 0 Å². The molecule has 1 aliphatic heterocycles. The van der Waals surface area contributed by atoms with Crippen molar-refractivity contribution in [3.8, 4) is 11.3 Å². The number of aromatic nitrogens is 4. The van der Waals surface area contributed by atoms with Gasteiger partial charge in [-0.15, -0.1) is 11.3 Å². The Morgan fingerprint density at radius 1 is 1.26 bits per heavy atom. The van der Waals surface area contributed by atoms with Crippen molar-refractivity contribution in [2.24, 2.45) is 13.0 Å². The third kappa shape index (κ3) is 4.28. The summed E-state index contributed by atoms with van der Waals surface area (Å²) in [7, 11) is 1.91. The quantitative estimate of drug-likeness (QED) is 0.680. The summed E-state index contributed by atoms with van der Waals surface area (Å²) in [6, 6.07) is 4.13. The summed E-state index contributed by atoms with van der Waals surface area (Å²) in [4.78, 5) is 11.5. The van der Waals surface area contributed by atoms with E-state index in [2.05, 4.69) is 36.7 Å². The number of nitrogens with zero attached hydrogens (tertiary/aromatic N) is 5. The van der Waals surface area contributed by atoms with Crippen LogP contribution in [0.25, 0.3) is 11.3 Å². The molecule has 1 saturated heterocycles. The summed E-state index contributed by atoms with van der Waals surface area (Å²) in [6.45, 7) is 2.92. The van der Waals surface area contributed by atoms with Gasteiger partial charge in [0.25, 0.3) is 0 Å². The van der Waals surface area contributed by atoms with Gasteiger partial charge in [0.05, 0.1) is 30.3 Å². The zero-order valence-electron chi connectivity index (χ0n) is 15.4. The van der Waals surface area contributed by atoms with Crippen LogP contribution in [-0.2, 0) is 13.6 Å². The number of hydrogen-bond acceptors (Lipinski definition) is 7. The lowest BCUT2D eigenvalue weighted by atomic mass is 9.98. The van der Waals surface area contributed by atoms with Crippen molar-refractivity contribution in [3.63, 3.8) is 0 Å². The number of rotatable bonds is 6. The van der Waals surface area contributed by atoms with Gasteiger partial charge >= 0.3 is 0 Å². The molecule has 3 aromatic heterocycles. The molecule has 0 unspecified atom stereocenters. The fourth-order valence-corrected chi connectivity index (χ4v) is 4.04. The van der Waals surface area contributed by atoms with Crippen molar-refractivity contribution in [3.05, 3.63) is 41.1 Å². The maximum Gasteiger partial charge on any atom is 0.126 e. The number of thiazole rings is 1. The predicted molar refractivity (Wildman–Crippen MR) is 108 cm³/mol. The molecular formula is C19H24N6OS. The summed E-state index contributed by atoms with van der Waals surface area (Å²) >= 11 is 1.63. The Morgan fingerprint density at radius 3 is 2.78 bits per heavy atom. The van der Waals surface area contributed by atoms with Crippen molar-refractivity contribution in [1.82, 2.24) is 19.7 Å². The lowest BCUT2D eigenvalue weighted by Gasteiger charge is -2.32. The van der Waals surface area contributed by atoms with E-state index >= 15 is 0 Å². The number of anilines is 2. The van der Waals surface area contributed by atoms with Gasteiger partial charge in [-0.3, -0.25) is 4.68 Å². The van der Waals surface area contributed by atoms with Crippen LogP contribution in [0.1, 0.15) is 17.8 Å². The molecule has 0 spiro atoms. The number of piperidine rings is 1. The summed E-state index contributed by atoms with van der Waals surface area (Å²) in [5.74, 6) is 1.30. The number of nitrogens with one attached hydrogen (secondary N) is 1. The molecule has 0 atom stereocenters. The SMILES string of the molecule is Cn1cc(-c2csc(CNc3ccc(N4CCC(CO)CC4)cn3)n2)cn1. The van der Waals surface area contributed by atoms with E-state index in [1.54, 1.807) is 16.0 Å². The van der Waals surface area contributed by atoms with E-state index in [9.17, 15) is 5.11 Å². The highest BCUT2D eigenvalue weighted by molar-refractivity contribution is 7.09. The van der Waals surface area contributed by atoms with Gasteiger partial charge in [-0.25, -0.2) is 9.97 Å². The Morgan fingerprint density at radius 2 is 2.11 bits per heavy atom. The second kappa shape index (κ2) is 8.06. The van der Waals surface area contributed by atoms with Gasteiger partial charge in [-0.2, -0.15) is 5.10 Å². The Hall–Kier alpha value is -2.45. The first-order valence-electron chi connectivity index (χ1n) is 9.20. The topological polar surface area (TPSA) is 79.1 Å². The molecule has 1 aliphatic rings. The van der Waals surface area contributed by atoms with Crippen molar-refractivity contribution in [1.29, 1.82) is 0 Å². The van der Waals surface area contributed by atoms with Crippen LogP contribution < -0.4 is 10.2 Å². The summed E-state index contributed by atoms with van der Waals surface area (Å²) in [5, 5.41) is 19.9. The number of aryl methyl sites for hydroxylation is 1. The Bertz CT molecular complexity index is 866. The largest absolute Gasteiger partial charge is 0.396 e. The van der Waals surface area contributed by atoms with Gasteiger partial charge in [0.15, 0.2) is 0 Å². The van der Waals surface area contributed by atoms with Gasteiger partial charge in [0, 0.05) is 43.9 Å². The van der Waals surface area contributed by atoms with Crippen molar-refractivity contribution >= 4 is 22.8 Å². The van der Waals surface area contributed by atoms with Crippen LogP contribution in [-0.4, -0.2) is 44.6 Å². The molecule has 2 N–H and O–H groups in total. The normalized spacial score (nSPS) is 15.3. The van der Waals surface area contributed by atoms with Crippen LogP contribution in [0, 0.1) is 5.92 Å². The van der Waals surface area contributed by atoms with E-state index < -0.39 is 0 Å². The molecular weight excluding hydrogens is 360 g/mol. The number of hydrogen-bond donors (Lipinski definition) is 2. The molecule has 8 heteroatoms. The molecule has 0 radical (unpaired) electrons. The average Bonchev–Trinajstić information content (AvgIpc) is 3.36. The molecule has 0 amide bonds. The fourth-order valence-electron chi connectivity index (χ4n) is 3.30. The Balaban J connectivity index is 1.32. The van der Waals surface area contributed by atoms with Crippen LogP contribution in [0.15, 0.2) is 36.1 Å². The van der Waals surface area contributed by atoms with Gasteiger partial charge < -0.3 is 15.3 Å². The van der Waals surface area contributed by atoms with Gasteiger partial charge in [0.1, 0.15) is 10.8 Å². The Kier molecular flexibility index (Phi) is 5.35. The third-order valence-corrected chi connectivity index (χ3v) is 5.81. The zero-order chi connectivity index (χ0) is 18.6. The first kappa shape index (κ1) is 17.9. The second-order valence-electron chi connectivity index (χ2n) is 6.90. The van der Waals surface area contributed by atoms with Crippen molar-refractivity contribution in [2.45, 2.75) is 19.4 Å². The third-order valence-electron chi connectivity index (χ3n) is 4.96. The molecule has 0 bridgehead atoms. The number of aliphatic hydroxyl groups excluding tert-OH is 1. The molecule has 4 rings (SSSR count). The van der Waals surface area contributed by atoms with E-state index in [0.29, 0.717) is 19.1 Å². The molecule has 4 heterocycles. The summed E-state index contributed by atoms with van der Waals surface area (Å²) in [5.41, 5.74) is 3.14. The summed E-state index contributed by atoms with van der Waals surface area (Å²) in [6.07, 6.45) is 7.80. The van der Waals surface area contributed by atoms with E-state index in [0.717, 1.165) is 53.7 Å².